The Labute approximate surface area is 93.1 Å². The average molecular weight is 223 g/mol. The van der Waals surface area contributed by atoms with Gasteiger partial charge in [0.1, 0.15) is 0 Å². The molecule has 1 N–H and O–H groups in total. The van der Waals surface area contributed by atoms with Gasteiger partial charge in [0.05, 0.1) is 11.6 Å². The first-order valence-corrected chi connectivity index (χ1v) is 5.15. The van der Waals surface area contributed by atoms with E-state index in [-0.39, 0.29) is 5.75 Å². The third-order valence-corrected chi connectivity index (χ3v) is 2.54. The van der Waals surface area contributed by atoms with E-state index in [4.69, 9.17) is 16.3 Å². The predicted molar refractivity (Wildman–Crippen MR) is 61.8 cm³/mol. The van der Waals surface area contributed by atoms with Gasteiger partial charge in [0.15, 0.2) is 11.5 Å². The van der Waals surface area contributed by atoms with Crippen molar-refractivity contribution in [2.75, 3.05) is 6.61 Å². The fourth-order valence-corrected chi connectivity index (χ4v) is 1.82. The lowest BCUT2D eigenvalue weighted by Gasteiger charge is -2.09. The van der Waals surface area contributed by atoms with Crippen molar-refractivity contribution in [3.63, 3.8) is 0 Å². The second kappa shape index (κ2) is 3.99. The normalized spacial score (nSPS) is 10.5. The summed E-state index contributed by atoms with van der Waals surface area (Å²) in [6, 6.07) is 9.07. The smallest absolute Gasteiger partial charge is 0.165 e. The van der Waals surface area contributed by atoms with Crippen LogP contribution < -0.4 is 4.74 Å². The second-order valence-electron chi connectivity index (χ2n) is 3.18. The SMILES string of the molecule is CCOc1cc(Cl)c2ccccc2c1O. The van der Waals surface area contributed by atoms with E-state index >= 15 is 0 Å². The number of phenolic OH excluding ortho intramolecular Hbond substituents is 1. The van der Waals surface area contributed by atoms with Crippen molar-refractivity contribution in [2.24, 2.45) is 0 Å². The van der Waals surface area contributed by atoms with Crippen LogP contribution in [0.15, 0.2) is 30.3 Å². The first kappa shape index (κ1) is 10.1. The molecule has 0 unspecified atom stereocenters. The first-order chi connectivity index (χ1) is 7.24. The van der Waals surface area contributed by atoms with Crippen LogP contribution in [0.2, 0.25) is 5.02 Å². The second-order valence-corrected chi connectivity index (χ2v) is 3.59. The van der Waals surface area contributed by atoms with Gasteiger partial charge < -0.3 is 9.84 Å². The van der Waals surface area contributed by atoms with Crippen LogP contribution in [0.3, 0.4) is 0 Å². The fraction of sp³-hybridized carbons (Fsp3) is 0.167. The topological polar surface area (TPSA) is 29.5 Å². The number of hydrogen-bond acceptors (Lipinski definition) is 2. The zero-order chi connectivity index (χ0) is 10.8. The number of aromatic hydroxyl groups is 1. The van der Waals surface area contributed by atoms with Crippen molar-refractivity contribution in [3.8, 4) is 11.5 Å². The minimum Gasteiger partial charge on any atom is -0.504 e. The van der Waals surface area contributed by atoms with E-state index < -0.39 is 0 Å². The molecule has 2 aromatic rings. The van der Waals surface area contributed by atoms with Crippen molar-refractivity contribution in [1.82, 2.24) is 0 Å². The van der Waals surface area contributed by atoms with Gasteiger partial charge in [0, 0.05) is 16.8 Å². The number of ether oxygens (including phenoxy) is 1. The number of halogens is 1. The van der Waals surface area contributed by atoms with Crippen LogP contribution in [-0.4, -0.2) is 11.7 Å². The van der Waals surface area contributed by atoms with Gasteiger partial charge in [-0.15, -0.1) is 0 Å². The lowest BCUT2D eigenvalue weighted by molar-refractivity contribution is 0.320. The summed E-state index contributed by atoms with van der Waals surface area (Å²) in [4.78, 5) is 0. The minimum absolute atomic E-state index is 0.150. The third-order valence-electron chi connectivity index (χ3n) is 2.23. The number of hydrogen-bond donors (Lipinski definition) is 1. The highest BCUT2D eigenvalue weighted by molar-refractivity contribution is 6.36. The monoisotopic (exact) mass is 222 g/mol. The van der Waals surface area contributed by atoms with E-state index in [9.17, 15) is 5.11 Å². The molecule has 0 aliphatic heterocycles. The van der Waals surface area contributed by atoms with E-state index in [0.29, 0.717) is 22.8 Å². The van der Waals surface area contributed by atoms with Crippen LogP contribution in [0.5, 0.6) is 11.5 Å². The molecule has 0 fully saturated rings. The summed E-state index contributed by atoms with van der Waals surface area (Å²) in [5.74, 6) is 0.582. The van der Waals surface area contributed by atoms with Crippen molar-refractivity contribution in [1.29, 1.82) is 0 Å². The maximum Gasteiger partial charge on any atom is 0.165 e. The number of fused-ring (bicyclic) bond motifs is 1. The van der Waals surface area contributed by atoms with Gasteiger partial charge in [-0.25, -0.2) is 0 Å². The van der Waals surface area contributed by atoms with Crippen LogP contribution >= 0.6 is 11.6 Å². The van der Waals surface area contributed by atoms with Crippen LogP contribution in [0.4, 0.5) is 0 Å². The molecule has 3 heteroatoms. The summed E-state index contributed by atoms with van der Waals surface area (Å²) in [5, 5.41) is 12.1. The molecule has 0 aromatic heterocycles. The maximum atomic E-state index is 9.92. The standard InChI is InChI=1S/C12H11ClO2/c1-2-15-11-7-10(13)8-5-3-4-6-9(8)12(11)14/h3-7,14H,2H2,1H3. The van der Waals surface area contributed by atoms with E-state index in [1.54, 1.807) is 6.07 Å². The molecule has 0 atom stereocenters. The van der Waals surface area contributed by atoms with Gasteiger partial charge in [-0.1, -0.05) is 35.9 Å². The van der Waals surface area contributed by atoms with Crippen LogP contribution in [0.1, 0.15) is 6.92 Å². The molecule has 0 aliphatic carbocycles. The van der Waals surface area contributed by atoms with E-state index in [1.165, 1.54) is 0 Å². The first-order valence-electron chi connectivity index (χ1n) is 4.77. The fourth-order valence-electron chi connectivity index (χ4n) is 1.56. The molecular weight excluding hydrogens is 212 g/mol. The van der Waals surface area contributed by atoms with Gasteiger partial charge >= 0.3 is 0 Å². The average Bonchev–Trinajstić information content (AvgIpc) is 2.26. The number of phenols is 1. The van der Waals surface area contributed by atoms with Crippen LogP contribution in [0.25, 0.3) is 10.8 Å². The molecule has 0 radical (unpaired) electrons. The Hall–Kier alpha value is -1.41. The van der Waals surface area contributed by atoms with Gasteiger partial charge in [-0.3, -0.25) is 0 Å². The van der Waals surface area contributed by atoms with Gasteiger partial charge in [-0.2, -0.15) is 0 Å². The highest BCUT2D eigenvalue weighted by Gasteiger charge is 2.10. The summed E-state index contributed by atoms with van der Waals surface area (Å²) in [5.41, 5.74) is 0. The van der Waals surface area contributed by atoms with E-state index in [0.717, 1.165) is 5.39 Å². The molecule has 0 aliphatic rings. The highest BCUT2D eigenvalue weighted by atomic mass is 35.5. The van der Waals surface area contributed by atoms with Crippen LogP contribution in [-0.2, 0) is 0 Å². The molecule has 0 heterocycles. The van der Waals surface area contributed by atoms with Crippen molar-refractivity contribution < 1.29 is 9.84 Å². The Morgan fingerprint density at radius 2 is 1.93 bits per heavy atom. The molecule has 2 rings (SSSR count). The lowest BCUT2D eigenvalue weighted by atomic mass is 10.1. The van der Waals surface area contributed by atoms with Crippen LogP contribution in [0, 0.1) is 0 Å². The molecule has 0 saturated carbocycles. The number of benzene rings is 2. The molecular formula is C12H11ClO2. The molecule has 0 spiro atoms. The maximum absolute atomic E-state index is 9.92. The minimum atomic E-state index is 0.150. The van der Waals surface area contributed by atoms with Gasteiger partial charge in [0.25, 0.3) is 0 Å². The Morgan fingerprint density at radius 3 is 2.60 bits per heavy atom. The Morgan fingerprint density at radius 1 is 1.27 bits per heavy atom. The lowest BCUT2D eigenvalue weighted by Crippen LogP contribution is -1.92. The van der Waals surface area contributed by atoms with Crippen molar-refractivity contribution in [2.45, 2.75) is 6.92 Å². The Kier molecular flexibility index (Phi) is 2.69. The molecule has 0 saturated heterocycles. The van der Waals surface area contributed by atoms with Crippen molar-refractivity contribution >= 4 is 22.4 Å². The highest BCUT2D eigenvalue weighted by Crippen LogP contribution is 2.38. The van der Waals surface area contributed by atoms with E-state index in [1.807, 2.05) is 31.2 Å². The molecule has 78 valence electrons. The Balaban J connectivity index is 2.72. The molecule has 2 aromatic carbocycles. The molecule has 0 bridgehead atoms. The zero-order valence-corrected chi connectivity index (χ0v) is 9.08. The molecule has 15 heavy (non-hydrogen) atoms. The summed E-state index contributed by atoms with van der Waals surface area (Å²) in [6.07, 6.45) is 0. The van der Waals surface area contributed by atoms with Crippen molar-refractivity contribution in [3.05, 3.63) is 35.4 Å². The van der Waals surface area contributed by atoms with Gasteiger partial charge in [0.2, 0.25) is 0 Å². The van der Waals surface area contributed by atoms with Gasteiger partial charge in [-0.05, 0) is 6.92 Å². The Bertz CT molecular complexity index is 494. The predicted octanol–water partition coefficient (Wildman–Crippen LogP) is 3.60. The summed E-state index contributed by atoms with van der Waals surface area (Å²) in [6.45, 7) is 2.37. The third kappa shape index (κ3) is 1.73. The zero-order valence-electron chi connectivity index (χ0n) is 8.33. The van der Waals surface area contributed by atoms with E-state index in [2.05, 4.69) is 0 Å². The largest absolute Gasteiger partial charge is 0.504 e. The quantitative estimate of drug-likeness (QED) is 0.842. The summed E-state index contributed by atoms with van der Waals surface area (Å²) >= 11 is 6.08. The summed E-state index contributed by atoms with van der Waals surface area (Å²) < 4.78 is 5.29. The molecule has 2 nitrogen and oxygen atoms in total. The molecule has 0 amide bonds. The number of rotatable bonds is 2. The summed E-state index contributed by atoms with van der Waals surface area (Å²) in [7, 11) is 0.